The summed E-state index contributed by atoms with van der Waals surface area (Å²) in [6.07, 6.45) is 3.13. The van der Waals surface area contributed by atoms with Gasteiger partial charge in [-0.3, -0.25) is 14.6 Å². The van der Waals surface area contributed by atoms with Crippen LogP contribution >= 0.6 is 24.0 Å². The van der Waals surface area contributed by atoms with Crippen LogP contribution in [0.15, 0.2) is 29.3 Å². The van der Waals surface area contributed by atoms with Crippen molar-refractivity contribution in [2.75, 3.05) is 32.1 Å². The predicted octanol–water partition coefficient (Wildman–Crippen LogP) is 3.39. The molecule has 0 radical (unpaired) electrons. The van der Waals surface area contributed by atoms with Crippen LogP contribution < -0.4 is 10.6 Å². The molecule has 1 amide bonds. The number of guanidine groups is 1. The first-order chi connectivity index (χ1) is 13.6. The zero-order valence-corrected chi connectivity index (χ0v) is 19.9. The Bertz CT molecular complexity index is 696. The highest BCUT2D eigenvalue weighted by Crippen LogP contribution is 2.18. The van der Waals surface area contributed by atoms with Crippen molar-refractivity contribution >= 4 is 47.5 Å². The van der Waals surface area contributed by atoms with E-state index in [0.717, 1.165) is 43.0 Å². The third-order valence-electron chi connectivity index (χ3n) is 4.69. The molecule has 0 spiro atoms. The fourth-order valence-electron chi connectivity index (χ4n) is 3.35. The lowest BCUT2D eigenvalue weighted by Crippen LogP contribution is -2.48. The Morgan fingerprint density at radius 3 is 2.79 bits per heavy atom. The van der Waals surface area contributed by atoms with Crippen LogP contribution in [0.5, 0.6) is 0 Å². The van der Waals surface area contributed by atoms with Crippen molar-refractivity contribution in [3.63, 3.8) is 0 Å². The van der Waals surface area contributed by atoms with Crippen molar-refractivity contribution < 1.29 is 14.3 Å². The number of anilines is 1. The van der Waals surface area contributed by atoms with Gasteiger partial charge >= 0.3 is 5.97 Å². The van der Waals surface area contributed by atoms with E-state index in [-0.39, 0.29) is 41.8 Å². The Hall–Kier alpha value is -1.84. The lowest BCUT2D eigenvalue weighted by molar-refractivity contribution is -0.149. The lowest BCUT2D eigenvalue weighted by Gasteiger charge is -2.34. The summed E-state index contributed by atoms with van der Waals surface area (Å²) in [5.74, 6) is 0.568. The Morgan fingerprint density at radius 2 is 2.10 bits per heavy atom. The SMILES string of the molecule is CCCC(=O)Nc1cccc(CNC(=NC)N2CCCC(C(=O)OCC)C2)c1.I. The van der Waals surface area contributed by atoms with Gasteiger partial charge in [0.15, 0.2) is 5.96 Å². The summed E-state index contributed by atoms with van der Waals surface area (Å²) in [6, 6.07) is 7.79. The minimum atomic E-state index is -0.127. The summed E-state index contributed by atoms with van der Waals surface area (Å²) in [5.41, 5.74) is 1.85. The number of benzene rings is 1. The van der Waals surface area contributed by atoms with Crippen LogP contribution in [-0.4, -0.2) is 49.5 Å². The molecule has 2 N–H and O–H groups in total. The van der Waals surface area contributed by atoms with E-state index < -0.39 is 0 Å². The minimum absolute atomic E-state index is 0. The van der Waals surface area contributed by atoms with E-state index in [0.29, 0.717) is 26.1 Å². The van der Waals surface area contributed by atoms with Crippen LogP contribution in [-0.2, 0) is 20.9 Å². The molecule has 1 aliphatic rings. The highest BCUT2D eigenvalue weighted by molar-refractivity contribution is 14.0. The molecule has 0 bridgehead atoms. The maximum Gasteiger partial charge on any atom is 0.310 e. The summed E-state index contributed by atoms with van der Waals surface area (Å²) < 4.78 is 5.17. The molecule has 8 heteroatoms. The molecule has 1 fully saturated rings. The van der Waals surface area contributed by atoms with Gasteiger partial charge in [-0.15, -0.1) is 24.0 Å². The van der Waals surface area contributed by atoms with Crippen molar-refractivity contribution in [2.45, 2.75) is 46.1 Å². The summed E-state index contributed by atoms with van der Waals surface area (Å²) in [6.45, 7) is 6.29. The van der Waals surface area contributed by atoms with Gasteiger partial charge in [0.05, 0.1) is 12.5 Å². The van der Waals surface area contributed by atoms with Crippen LogP contribution in [0.1, 0.15) is 45.1 Å². The average Bonchev–Trinajstić information content (AvgIpc) is 2.69. The third-order valence-corrected chi connectivity index (χ3v) is 4.69. The molecule has 0 aliphatic carbocycles. The van der Waals surface area contributed by atoms with Crippen LogP contribution in [0.4, 0.5) is 5.69 Å². The Morgan fingerprint density at radius 1 is 1.31 bits per heavy atom. The van der Waals surface area contributed by atoms with Gasteiger partial charge in [-0.2, -0.15) is 0 Å². The van der Waals surface area contributed by atoms with E-state index >= 15 is 0 Å². The fourth-order valence-corrected chi connectivity index (χ4v) is 3.35. The van der Waals surface area contributed by atoms with Gasteiger partial charge < -0.3 is 20.3 Å². The van der Waals surface area contributed by atoms with Crippen LogP contribution in [0.25, 0.3) is 0 Å². The van der Waals surface area contributed by atoms with E-state index in [1.165, 1.54) is 0 Å². The number of likely N-dealkylation sites (tertiary alicyclic amines) is 1. The van der Waals surface area contributed by atoms with Gasteiger partial charge in [-0.05, 0) is 43.9 Å². The van der Waals surface area contributed by atoms with Crippen LogP contribution in [0.2, 0.25) is 0 Å². The predicted molar refractivity (Wildman–Crippen MR) is 127 cm³/mol. The summed E-state index contributed by atoms with van der Waals surface area (Å²) in [4.78, 5) is 30.3. The first-order valence-corrected chi connectivity index (χ1v) is 10.1. The molecule has 1 atom stereocenters. The molecular weight excluding hydrogens is 483 g/mol. The van der Waals surface area contributed by atoms with Gasteiger partial charge in [-0.1, -0.05) is 19.1 Å². The first kappa shape index (κ1) is 25.2. The van der Waals surface area contributed by atoms with E-state index in [4.69, 9.17) is 4.74 Å². The number of esters is 1. The first-order valence-electron chi connectivity index (χ1n) is 10.1. The zero-order valence-electron chi connectivity index (χ0n) is 17.6. The summed E-state index contributed by atoms with van der Waals surface area (Å²) in [7, 11) is 1.75. The minimum Gasteiger partial charge on any atom is -0.466 e. The zero-order chi connectivity index (χ0) is 20.4. The third kappa shape index (κ3) is 8.20. The van der Waals surface area contributed by atoms with Crippen LogP contribution in [0, 0.1) is 5.92 Å². The smallest absolute Gasteiger partial charge is 0.310 e. The van der Waals surface area contributed by atoms with E-state index in [9.17, 15) is 9.59 Å². The van der Waals surface area contributed by atoms with E-state index in [2.05, 4.69) is 20.5 Å². The van der Waals surface area contributed by atoms with Crippen molar-refractivity contribution in [3.8, 4) is 0 Å². The Labute approximate surface area is 190 Å². The molecule has 29 heavy (non-hydrogen) atoms. The number of amides is 1. The number of nitrogens with one attached hydrogen (secondary N) is 2. The average molecular weight is 516 g/mol. The number of halogens is 1. The largest absolute Gasteiger partial charge is 0.466 e. The molecule has 1 aromatic rings. The van der Waals surface area contributed by atoms with Gasteiger partial charge in [-0.25, -0.2) is 0 Å². The number of hydrogen-bond acceptors (Lipinski definition) is 4. The topological polar surface area (TPSA) is 83.0 Å². The molecule has 162 valence electrons. The second-order valence-electron chi connectivity index (χ2n) is 6.94. The molecule has 0 aromatic heterocycles. The highest BCUT2D eigenvalue weighted by Gasteiger charge is 2.28. The Balaban J connectivity index is 0.00000420. The number of rotatable bonds is 7. The summed E-state index contributed by atoms with van der Waals surface area (Å²) >= 11 is 0. The van der Waals surface area contributed by atoms with Crippen molar-refractivity contribution in [3.05, 3.63) is 29.8 Å². The molecule has 0 saturated carbocycles. The van der Waals surface area contributed by atoms with E-state index in [1.54, 1.807) is 7.05 Å². The molecule has 1 aromatic carbocycles. The number of carbonyl (C=O) groups is 2. The second kappa shape index (κ2) is 13.4. The Kier molecular flexibility index (Phi) is 11.6. The molecular formula is C21H33IN4O3. The molecule has 1 unspecified atom stereocenters. The number of aliphatic imine (C=N–C) groups is 1. The van der Waals surface area contributed by atoms with Crippen molar-refractivity contribution in [2.24, 2.45) is 10.9 Å². The second-order valence-corrected chi connectivity index (χ2v) is 6.94. The van der Waals surface area contributed by atoms with Crippen molar-refractivity contribution in [1.29, 1.82) is 0 Å². The normalized spacial score (nSPS) is 16.6. The monoisotopic (exact) mass is 516 g/mol. The number of carbonyl (C=O) groups excluding carboxylic acids is 2. The maximum absolute atomic E-state index is 12.1. The van der Waals surface area contributed by atoms with Gasteiger partial charge in [0, 0.05) is 38.8 Å². The maximum atomic E-state index is 12.1. The molecule has 2 rings (SSSR count). The number of piperidine rings is 1. The standard InChI is InChI=1S/C21H32N4O3.HI/c1-4-8-19(26)24-18-11-6-9-16(13-18)14-23-21(22-3)25-12-7-10-17(15-25)20(27)28-5-2;/h6,9,11,13,17H,4-5,7-8,10,12,14-15H2,1-3H3,(H,22,23)(H,24,26);1H. The van der Waals surface area contributed by atoms with Gasteiger partial charge in [0.2, 0.25) is 5.91 Å². The molecule has 7 nitrogen and oxygen atoms in total. The lowest BCUT2D eigenvalue weighted by atomic mass is 9.98. The molecule has 1 aliphatic heterocycles. The van der Waals surface area contributed by atoms with Gasteiger partial charge in [0.25, 0.3) is 0 Å². The molecule has 1 saturated heterocycles. The van der Waals surface area contributed by atoms with Crippen LogP contribution in [0.3, 0.4) is 0 Å². The molecule has 1 heterocycles. The highest BCUT2D eigenvalue weighted by atomic mass is 127. The van der Waals surface area contributed by atoms with Crippen molar-refractivity contribution in [1.82, 2.24) is 10.2 Å². The number of hydrogen-bond donors (Lipinski definition) is 2. The summed E-state index contributed by atoms with van der Waals surface area (Å²) in [5, 5.41) is 6.28. The fraction of sp³-hybridized carbons (Fsp3) is 0.571. The quantitative estimate of drug-likeness (QED) is 0.251. The van der Waals surface area contributed by atoms with Gasteiger partial charge in [0.1, 0.15) is 0 Å². The number of ether oxygens (including phenoxy) is 1. The number of nitrogens with zero attached hydrogens (tertiary/aromatic N) is 2. The van der Waals surface area contributed by atoms with E-state index in [1.807, 2.05) is 38.1 Å².